The Morgan fingerprint density at radius 2 is 1.78 bits per heavy atom. The molecule has 0 radical (unpaired) electrons. The molecule has 2 aromatic carbocycles. The van der Waals surface area contributed by atoms with Crippen molar-refractivity contribution in [1.82, 2.24) is 5.32 Å². The monoisotopic (exact) mass is 312 g/mol. The summed E-state index contributed by atoms with van der Waals surface area (Å²) < 4.78 is 0. The number of hydrogen-bond acceptors (Lipinski definition) is 3. The van der Waals surface area contributed by atoms with Gasteiger partial charge in [0.25, 0.3) is 5.91 Å². The number of rotatable bonds is 7. The van der Waals surface area contributed by atoms with Crippen molar-refractivity contribution in [2.45, 2.75) is 19.4 Å². The van der Waals surface area contributed by atoms with Crippen LogP contribution in [-0.2, 0) is 6.42 Å². The Labute approximate surface area is 137 Å². The second kappa shape index (κ2) is 8.34. The molecule has 0 heterocycles. The summed E-state index contributed by atoms with van der Waals surface area (Å²) in [6.45, 7) is 2.91. The van der Waals surface area contributed by atoms with E-state index in [4.69, 9.17) is 0 Å². The maximum absolute atomic E-state index is 12.3. The Kier molecular flexibility index (Phi) is 6.18. The van der Waals surface area contributed by atoms with Gasteiger partial charge in [-0.3, -0.25) is 4.79 Å². The number of carbonyl (C=O) groups is 1. The summed E-state index contributed by atoms with van der Waals surface area (Å²) in [7, 11) is 2.01. The number of aliphatic hydroxyl groups is 1. The molecular weight excluding hydrogens is 288 g/mol. The van der Waals surface area contributed by atoms with Crippen molar-refractivity contribution >= 4 is 11.6 Å². The van der Waals surface area contributed by atoms with E-state index in [1.54, 1.807) is 0 Å². The van der Waals surface area contributed by atoms with Gasteiger partial charge in [0.1, 0.15) is 0 Å². The fourth-order valence-electron chi connectivity index (χ4n) is 2.38. The van der Waals surface area contributed by atoms with E-state index < -0.39 is 0 Å². The smallest absolute Gasteiger partial charge is 0.251 e. The molecule has 0 bridgehead atoms. The van der Waals surface area contributed by atoms with Gasteiger partial charge in [-0.15, -0.1) is 0 Å². The maximum Gasteiger partial charge on any atom is 0.251 e. The van der Waals surface area contributed by atoms with Crippen LogP contribution in [0.4, 0.5) is 5.69 Å². The largest absolute Gasteiger partial charge is 0.394 e. The Morgan fingerprint density at radius 1 is 1.13 bits per heavy atom. The van der Waals surface area contributed by atoms with Crippen LogP contribution in [-0.4, -0.2) is 37.3 Å². The topological polar surface area (TPSA) is 52.6 Å². The lowest BCUT2D eigenvalue weighted by Gasteiger charge is -2.18. The predicted octanol–water partition coefficient (Wildman–Crippen LogP) is 2.48. The molecular formula is C19H24N2O2. The number of nitrogens with one attached hydrogen (secondary N) is 1. The van der Waals surface area contributed by atoms with Crippen LogP contribution in [0.25, 0.3) is 0 Å². The van der Waals surface area contributed by atoms with Crippen LogP contribution in [0, 0.1) is 0 Å². The van der Waals surface area contributed by atoms with Crippen LogP contribution in [0.15, 0.2) is 54.6 Å². The number of nitrogens with zero attached hydrogens (tertiary/aromatic N) is 1. The second-order valence-electron chi connectivity index (χ2n) is 5.60. The highest BCUT2D eigenvalue weighted by Crippen LogP contribution is 2.13. The highest BCUT2D eigenvalue weighted by Gasteiger charge is 2.13. The number of anilines is 1. The number of aliphatic hydroxyl groups excluding tert-OH is 1. The first-order valence-corrected chi connectivity index (χ1v) is 7.91. The molecule has 4 heteroatoms. The SMILES string of the molecule is CCN(C)c1ccc(C(=O)NC(CO)Cc2ccccc2)cc1. The number of hydrogen-bond donors (Lipinski definition) is 2. The van der Waals surface area contributed by atoms with E-state index in [1.807, 2.05) is 61.6 Å². The van der Waals surface area contributed by atoms with Crippen LogP contribution in [0.5, 0.6) is 0 Å². The van der Waals surface area contributed by atoms with Gasteiger partial charge in [0.2, 0.25) is 0 Å². The summed E-state index contributed by atoms with van der Waals surface area (Å²) in [5.74, 6) is -0.161. The molecule has 0 aliphatic carbocycles. The minimum absolute atomic E-state index is 0.0860. The van der Waals surface area contributed by atoms with Crippen molar-refractivity contribution in [3.63, 3.8) is 0 Å². The van der Waals surface area contributed by atoms with Crippen molar-refractivity contribution in [1.29, 1.82) is 0 Å². The maximum atomic E-state index is 12.3. The van der Waals surface area contributed by atoms with Crippen molar-refractivity contribution in [3.05, 3.63) is 65.7 Å². The molecule has 2 rings (SSSR count). The minimum Gasteiger partial charge on any atom is -0.394 e. The predicted molar refractivity (Wildman–Crippen MR) is 93.9 cm³/mol. The third kappa shape index (κ3) is 4.83. The molecule has 1 unspecified atom stereocenters. The van der Waals surface area contributed by atoms with Gasteiger partial charge in [0, 0.05) is 24.8 Å². The average Bonchev–Trinajstić information content (AvgIpc) is 2.61. The van der Waals surface area contributed by atoms with E-state index >= 15 is 0 Å². The lowest BCUT2D eigenvalue weighted by molar-refractivity contribution is 0.0916. The first kappa shape index (κ1) is 17.0. The van der Waals surface area contributed by atoms with Gasteiger partial charge in [-0.2, -0.15) is 0 Å². The van der Waals surface area contributed by atoms with Gasteiger partial charge in [-0.1, -0.05) is 30.3 Å². The molecule has 0 aromatic heterocycles. The summed E-state index contributed by atoms with van der Waals surface area (Å²) in [5.41, 5.74) is 2.77. The van der Waals surface area contributed by atoms with Gasteiger partial charge in [-0.05, 0) is 43.2 Å². The highest BCUT2D eigenvalue weighted by molar-refractivity contribution is 5.94. The molecule has 0 saturated heterocycles. The molecule has 0 spiro atoms. The van der Waals surface area contributed by atoms with Crippen LogP contribution in [0.1, 0.15) is 22.8 Å². The molecule has 0 saturated carbocycles. The lowest BCUT2D eigenvalue weighted by atomic mass is 10.1. The summed E-state index contributed by atoms with van der Waals surface area (Å²) in [4.78, 5) is 14.4. The Bertz CT molecular complexity index is 611. The van der Waals surface area contributed by atoms with E-state index in [2.05, 4.69) is 17.1 Å². The van der Waals surface area contributed by atoms with Crippen molar-refractivity contribution in [2.75, 3.05) is 25.1 Å². The van der Waals surface area contributed by atoms with E-state index in [-0.39, 0.29) is 18.6 Å². The summed E-state index contributed by atoms with van der Waals surface area (Å²) >= 11 is 0. The van der Waals surface area contributed by atoms with E-state index in [0.29, 0.717) is 12.0 Å². The van der Waals surface area contributed by atoms with Crippen LogP contribution < -0.4 is 10.2 Å². The first-order chi connectivity index (χ1) is 11.1. The molecule has 23 heavy (non-hydrogen) atoms. The Hall–Kier alpha value is -2.33. The molecule has 2 N–H and O–H groups in total. The summed E-state index contributed by atoms with van der Waals surface area (Å²) in [6, 6.07) is 17.0. The standard InChI is InChI=1S/C19H24N2O2/c1-3-21(2)18-11-9-16(10-12-18)19(23)20-17(14-22)13-15-7-5-4-6-8-15/h4-12,17,22H,3,13-14H2,1-2H3,(H,20,23). The van der Waals surface area contributed by atoms with Crippen molar-refractivity contribution in [2.24, 2.45) is 0 Å². The van der Waals surface area contributed by atoms with Gasteiger partial charge in [0.05, 0.1) is 12.6 Å². The van der Waals surface area contributed by atoms with Gasteiger partial charge in [0.15, 0.2) is 0 Å². The molecule has 0 aliphatic heterocycles. The van der Waals surface area contributed by atoms with Crippen molar-refractivity contribution < 1.29 is 9.90 Å². The average molecular weight is 312 g/mol. The van der Waals surface area contributed by atoms with Gasteiger partial charge < -0.3 is 15.3 Å². The number of benzene rings is 2. The fraction of sp³-hybridized carbons (Fsp3) is 0.316. The van der Waals surface area contributed by atoms with Crippen LogP contribution in [0.3, 0.4) is 0 Å². The zero-order valence-corrected chi connectivity index (χ0v) is 13.7. The summed E-state index contributed by atoms with van der Waals surface area (Å²) in [5, 5.41) is 12.4. The van der Waals surface area contributed by atoms with E-state index in [0.717, 1.165) is 17.8 Å². The minimum atomic E-state index is -0.289. The molecule has 1 amide bonds. The van der Waals surface area contributed by atoms with Gasteiger partial charge >= 0.3 is 0 Å². The zero-order valence-electron chi connectivity index (χ0n) is 13.7. The zero-order chi connectivity index (χ0) is 16.7. The first-order valence-electron chi connectivity index (χ1n) is 7.91. The molecule has 4 nitrogen and oxygen atoms in total. The molecule has 0 fully saturated rings. The van der Waals surface area contributed by atoms with Crippen molar-refractivity contribution in [3.8, 4) is 0 Å². The molecule has 122 valence electrons. The molecule has 1 atom stereocenters. The number of amides is 1. The van der Waals surface area contributed by atoms with Crippen LogP contribution in [0.2, 0.25) is 0 Å². The third-order valence-corrected chi connectivity index (χ3v) is 3.93. The highest BCUT2D eigenvalue weighted by atomic mass is 16.3. The Balaban J connectivity index is 1.99. The lowest BCUT2D eigenvalue weighted by Crippen LogP contribution is -2.39. The van der Waals surface area contributed by atoms with Gasteiger partial charge in [-0.25, -0.2) is 0 Å². The quantitative estimate of drug-likeness (QED) is 0.826. The normalized spacial score (nSPS) is 11.8. The number of carbonyl (C=O) groups excluding carboxylic acids is 1. The van der Waals surface area contributed by atoms with E-state index in [1.165, 1.54) is 0 Å². The summed E-state index contributed by atoms with van der Waals surface area (Å²) in [6.07, 6.45) is 0.611. The third-order valence-electron chi connectivity index (χ3n) is 3.93. The molecule has 2 aromatic rings. The Morgan fingerprint density at radius 3 is 2.35 bits per heavy atom. The van der Waals surface area contributed by atoms with Crippen LogP contribution >= 0.6 is 0 Å². The molecule has 0 aliphatic rings. The fourth-order valence-corrected chi connectivity index (χ4v) is 2.38. The second-order valence-corrected chi connectivity index (χ2v) is 5.60. The van der Waals surface area contributed by atoms with E-state index in [9.17, 15) is 9.90 Å².